The highest BCUT2D eigenvalue weighted by Gasteiger charge is 2.19. The van der Waals surface area contributed by atoms with E-state index in [2.05, 4.69) is 25.1 Å². The van der Waals surface area contributed by atoms with Gasteiger partial charge in [0, 0.05) is 6.04 Å². The standard InChI is InChI=1S/C15H21N5OS/c1-10-14(22-11(2)18-10)15(21)16-8-13-19-17-9-20(13)12-6-4-3-5-7-12/h9,12H,3-8H2,1-2H3,(H,16,21). The van der Waals surface area contributed by atoms with Gasteiger partial charge in [0.2, 0.25) is 0 Å². The monoisotopic (exact) mass is 319 g/mol. The molecule has 1 aliphatic rings. The SMILES string of the molecule is Cc1nc(C)c(C(=O)NCc2nncn2C2CCCCC2)s1. The van der Waals surface area contributed by atoms with E-state index in [1.807, 2.05) is 13.8 Å². The Hall–Kier alpha value is -1.76. The molecule has 2 aromatic heterocycles. The minimum atomic E-state index is -0.0821. The molecular weight excluding hydrogens is 298 g/mol. The predicted molar refractivity (Wildman–Crippen MR) is 84.9 cm³/mol. The van der Waals surface area contributed by atoms with Gasteiger partial charge in [-0.1, -0.05) is 19.3 Å². The number of thiazole rings is 1. The van der Waals surface area contributed by atoms with Gasteiger partial charge in [-0.3, -0.25) is 4.79 Å². The molecule has 0 aromatic carbocycles. The highest BCUT2D eigenvalue weighted by atomic mass is 32.1. The van der Waals surface area contributed by atoms with E-state index < -0.39 is 0 Å². The third-order valence-electron chi connectivity index (χ3n) is 4.13. The van der Waals surface area contributed by atoms with E-state index in [1.165, 1.54) is 43.4 Å². The molecule has 2 aromatic rings. The number of nitrogens with one attached hydrogen (secondary N) is 1. The quantitative estimate of drug-likeness (QED) is 0.940. The maximum atomic E-state index is 12.3. The Morgan fingerprint density at radius 2 is 2.14 bits per heavy atom. The number of nitrogens with zero attached hydrogens (tertiary/aromatic N) is 4. The largest absolute Gasteiger partial charge is 0.344 e. The zero-order valence-corrected chi connectivity index (χ0v) is 13.8. The van der Waals surface area contributed by atoms with Crippen molar-refractivity contribution in [2.45, 2.75) is 58.5 Å². The van der Waals surface area contributed by atoms with Gasteiger partial charge in [-0.05, 0) is 26.7 Å². The predicted octanol–water partition coefficient (Wildman–Crippen LogP) is 2.79. The van der Waals surface area contributed by atoms with Crippen LogP contribution in [-0.2, 0) is 6.54 Å². The summed E-state index contributed by atoms with van der Waals surface area (Å²) in [5.74, 6) is 0.750. The molecule has 0 saturated heterocycles. The summed E-state index contributed by atoms with van der Waals surface area (Å²) in [7, 11) is 0. The second-order valence-corrected chi connectivity index (χ2v) is 6.98. The molecule has 6 nitrogen and oxygen atoms in total. The first-order valence-corrected chi connectivity index (χ1v) is 8.57. The van der Waals surface area contributed by atoms with Crippen LogP contribution >= 0.6 is 11.3 Å². The Morgan fingerprint density at radius 3 is 2.82 bits per heavy atom. The second kappa shape index (κ2) is 6.56. The average Bonchev–Trinajstić information content (AvgIpc) is 3.12. The molecule has 1 fully saturated rings. The number of hydrogen-bond acceptors (Lipinski definition) is 5. The van der Waals surface area contributed by atoms with Gasteiger partial charge in [-0.25, -0.2) is 4.98 Å². The summed E-state index contributed by atoms with van der Waals surface area (Å²) < 4.78 is 2.13. The number of aryl methyl sites for hydroxylation is 2. The van der Waals surface area contributed by atoms with Crippen LogP contribution in [0, 0.1) is 13.8 Å². The number of amides is 1. The minimum absolute atomic E-state index is 0.0821. The fourth-order valence-corrected chi connectivity index (χ4v) is 3.88. The van der Waals surface area contributed by atoms with Crippen molar-refractivity contribution in [2.75, 3.05) is 0 Å². The van der Waals surface area contributed by atoms with Gasteiger partial charge in [0.15, 0.2) is 5.82 Å². The molecule has 1 N–H and O–H groups in total. The zero-order valence-electron chi connectivity index (χ0n) is 13.0. The molecule has 0 radical (unpaired) electrons. The molecule has 0 bridgehead atoms. The number of carbonyl (C=O) groups is 1. The Kier molecular flexibility index (Phi) is 4.52. The summed E-state index contributed by atoms with van der Waals surface area (Å²) in [4.78, 5) is 17.2. The van der Waals surface area contributed by atoms with Gasteiger partial charge in [-0.2, -0.15) is 0 Å². The lowest BCUT2D eigenvalue weighted by molar-refractivity contribution is 0.0952. The maximum absolute atomic E-state index is 12.3. The molecule has 2 heterocycles. The molecular formula is C15H21N5OS. The van der Waals surface area contributed by atoms with E-state index in [0.29, 0.717) is 17.5 Å². The van der Waals surface area contributed by atoms with Crippen molar-refractivity contribution in [3.63, 3.8) is 0 Å². The summed E-state index contributed by atoms with van der Waals surface area (Å²) in [6.07, 6.45) is 7.97. The Bertz CT molecular complexity index is 657. The van der Waals surface area contributed by atoms with Gasteiger partial charge in [0.05, 0.1) is 17.2 Å². The smallest absolute Gasteiger partial charge is 0.263 e. The molecule has 1 saturated carbocycles. The summed E-state index contributed by atoms with van der Waals surface area (Å²) in [6, 6.07) is 0.475. The van der Waals surface area contributed by atoms with Crippen LogP contribution in [0.15, 0.2) is 6.33 Å². The Morgan fingerprint density at radius 1 is 1.36 bits per heavy atom. The minimum Gasteiger partial charge on any atom is -0.344 e. The molecule has 1 amide bonds. The van der Waals surface area contributed by atoms with Gasteiger partial charge in [-0.15, -0.1) is 21.5 Å². The summed E-state index contributed by atoms with van der Waals surface area (Å²) in [5.41, 5.74) is 0.786. The summed E-state index contributed by atoms with van der Waals surface area (Å²) >= 11 is 1.43. The van der Waals surface area contributed by atoms with Crippen LogP contribution in [0.25, 0.3) is 0 Å². The van der Waals surface area contributed by atoms with Crippen LogP contribution in [0.1, 0.15) is 64.3 Å². The van der Waals surface area contributed by atoms with Crippen molar-refractivity contribution in [3.8, 4) is 0 Å². The molecule has 118 valence electrons. The van der Waals surface area contributed by atoms with E-state index in [1.54, 1.807) is 6.33 Å². The number of rotatable bonds is 4. The summed E-state index contributed by atoms with van der Waals surface area (Å²) in [6.45, 7) is 4.18. The van der Waals surface area contributed by atoms with Crippen molar-refractivity contribution in [2.24, 2.45) is 0 Å². The first-order chi connectivity index (χ1) is 10.6. The first kappa shape index (κ1) is 15.1. The van der Waals surface area contributed by atoms with E-state index in [-0.39, 0.29) is 5.91 Å². The molecule has 0 atom stereocenters. The zero-order chi connectivity index (χ0) is 15.5. The Labute approximate surface area is 134 Å². The van der Waals surface area contributed by atoms with Gasteiger partial charge >= 0.3 is 0 Å². The highest BCUT2D eigenvalue weighted by molar-refractivity contribution is 7.13. The van der Waals surface area contributed by atoms with Crippen LogP contribution in [-0.4, -0.2) is 25.7 Å². The van der Waals surface area contributed by atoms with Crippen LogP contribution in [0.5, 0.6) is 0 Å². The van der Waals surface area contributed by atoms with Crippen molar-refractivity contribution in [3.05, 3.63) is 27.7 Å². The maximum Gasteiger partial charge on any atom is 0.263 e. The van der Waals surface area contributed by atoms with E-state index in [9.17, 15) is 4.79 Å². The van der Waals surface area contributed by atoms with Crippen molar-refractivity contribution in [1.82, 2.24) is 25.1 Å². The molecule has 0 spiro atoms. The topological polar surface area (TPSA) is 72.7 Å². The van der Waals surface area contributed by atoms with E-state index in [4.69, 9.17) is 0 Å². The van der Waals surface area contributed by atoms with Crippen molar-refractivity contribution in [1.29, 1.82) is 0 Å². The van der Waals surface area contributed by atoms with Crippen LogP contribution in [0.2, 0.25) is 0 Å². The normalized spacial score (nSPS) is 15.9. The average molecular weight is 319 g/mol. The lowest BCUT2D eigenvalue weighted by Gasteiger charge is -2.23. The third-order valence-corrected chi connectivity index (χ3v) is 5.20. The van der Waals surface area contributed by atoms with Crippen LogP contribution in [0.4, 0.5) is 0 Å². The molecule has 0 aliphatic heterocycles. The fraction of sp³-hybridized carbons (Fsp3) is 0.600. The third kappa shape index (κ3) is 3.19. The van der Waals surface area contributed by atoms with Crippen LogP contribution < -0.4 is 5.32 Å². The molecule has 1 aliphatic carbocycles. The lowest BCUT2D eigenvalue weighted by Crippen LogP contribution is -2.26. The van der Waals surface area contributed by atoms with E-state index in [0.717, 1.165) is 16.5 Å². The molecule has 0 unspecified atom stereocenters. The van der Waals surface area contributed by atoms with Gasteiger partial charge < -0.3 is 9.88 Å². The molecule has 22 heavy (non-hydrogen) atoms. The van der Waals surface area contributed by atoms with E-state index >= 15 is 0 Å². The fourth-order valence-electron chi connectivity index (χ4n) is 3.04. The number of hydrogen-bond donors (Lipinski definition) is 1. The van der Waals surface area contributed by atoms with Gasteiger partial charge in [0.25, 0.3) is 5.91 Å². The second-order valence-electron chi connectivity index (χ2n) is 5.78. The number of carbonyl (C=O) groups excluding carboxylic acids is 1. The lowest BCUT2D eigenvalue weighted by atomic mass is 9.95. The van der Waals surface area contributed by atoms with Crippen molar-refractivity contribution < 1.29 is 4.79 Å². The first-order valence-electron chi connectivity index (χ1n) is 7.75. The molecule has 7 heteroatoms. The highest BCUT2D eigenvalue weighted by Crippen LogP contribution is 2.28. The Balaban J connectivity index is 1.65. The van der Waals surface area contributed by atoms with Gasteiger partial charge in [0.1, 0.15) is 11.2 Å². The van der Waals surface area contributed by atoms with Crippen LogP contribution in [0.3, 0.4) is 0 Å². The summed E-state index contributed by atoms with van der Waals surface area (Å²) in [5, 5.41) is 12.0. The van der Waals surface area contributed by atoms with Crippen molar-refractivity contribution >= 4 is 17.2 Å². The molecule has 3 rings (SSSR count). The number of aromatic nitrogens is 4.